The third-order valence-corrected chi connectivity index (χ3v) is 5.31. The lowest BCUT2D eigenvalue weighted by Gasteiger charge is -2.52. The number of hydrogen-bond donors (Lipinski definition) is 0. The fraction of sp³-hybridized carbons (Fsp3) is 1.00. The van der Waals surface area contributed by atoms with E-state index in [2.05, 4.69) is 20.8 Å². The minimum Gasteiger partial charge on any atom is -0.0622 e. The molecule has 4 atom stereocenters. The van der Waals surface area contributed by atoms with Gasteiger partial charge in [-0.25, -0.2) is 0 Å². The van der Waals surface area contributed by atoms with Crippen molar-refractivity contribution in [3.63, 3.8) is 0 Å². The number of hydrogen-bond acceptors (Lipinski definition) is 0. The van der Waals surface area contributed by atoms with Crippen LogP contribution in [0, 0.1) is 23.2 Å². The SMILES string of the molecule is CC1CCC2CCCC[C@]2(C)C1C. The van der Waals surface area contributed by atoms with E-state index < -0.39 is 0 Å². The molecule has 2 aliphatic rings. The highest BCUT2D eigenvalue weighted by Gasteiger charge is 2.45. The Morgan fingerprint density at radius 3 is 2.54 bits per heavy atom. The molecule has 0 radical (unpaired) electrons. The first-order valence-corrected chi connectivity index (χ1v) is 6.14. The van der Waals surface area contributed by atoms with Crippen LogP contribution in [0.25, 0.3) is 0 Å². The Labute approximate surface area is 83.1 Å². The van der Waals surface area contributed by atoms with Crippen LogP contribution in [-0.4, -0.2) is 0 Å². The highest BCUT2D eigenvalue weighted by atomic mass is 14.5. The van der Waals surface area contributed by atoms with Gasteiger partial charge in [0.1, 0.15) is 0 Å². The van der Waals surface area contributed by atoms with Gasteiger partial charge in [-0.3, -0.25) is 0 Å². The van der Waals surface area contributed by atoms with Crippen LogP contribution in [-0.2, 0) is 0 Å². The van der Waals surface area contributed by atoms with Gasteiger partial charge in [0.25, 0.3) is 0 Å². The maximum absolute atomic E-state index is 2.57. The van der Waals surface area contributed by atoms with E-state index in [0.29, 0.717) is 5.41 Å². The van der Waals surface area contributed by atoms with Crippen LogP contribution in [0.5, 0.6) is 0 Å². The fourth-order valence-corrected chi connectivity index (χ4v) is 3.87. The maximum Gasteiger partial charge on any atom is -0.0269 e. The molecule has 0 aromatic heterocycles. The molecule has 13 heavy (non-hydrogen) atoms. The van der Waals surface area contributed by atoms with E-state index in [4.69, 9.17) is 0 Å². The summed E-state index contributed by atoms with van der Waals surface area (Å²) in [7, 11) is 0. The summed E-state index contributed by atoms with van der Waals surface area (Å²) in [6, 6.07) is 0. The Morgan fingerprint density at radius 2 is 1.77 bits per heavy atom. The van der Waals surface area contributed by atoms with E-state index in [-0.39, 0.29) is 0 Å². The topological polar surface area (TPSA) is 0 Å². The average molecular weight is 180 g/mol. The van der Waals surface area contributed by atoms with E-state index in [1.54, 1.807) is 0 Å². The molecular formula is C13H24. The normalized spacial score (nSPS) is 51.5. The molecule has 2 aliphatic carbocycles. The standard InChI is InChI=1S/C13H24/c1-10-7-8-12-6-4-5-9-13(12,3)11(10)2/h10-12H,4-9H2,1-3H3/t10?,11?,12?,13-/m1/s1. The highest BCUT2D eigenvalue weighted by Crippen LogP contribution is 2.54. The first-order valence-electron chi connectivity index (χ1n) is 6.14. The second-order valence-corrected chi connectivity index (χ2v) is 5.79. The van der Waals surface area contributed by atoms with Gasteiger partial charge < -0.3 is 0 Å². The number of rotatable bonds is 0. The molecule has 0 heteroatoms. The highest BCUT2D eigenvalue weighted by molar-refractivity contribution is 4.95. The van der Waals surface area contributed by atoms with Crippen LogP contribution in [0.15, 0.2) is 0 Å². The van der Waals surface area contributed by atoms with Gasteiger partial charge in [-0.15, -0.1) is 0 Å². The van der Waals surface area contributed by atoms with Crippen LogP contribution in [0.1, 0.15) is 59.3 Å². The molecule has 0 bridgehead atoms. The maximum atomic E-state index is 2.57. The van der Waals surface area contributed by atoms with E-state index >= 15 is 0 Å². The van der Waals surface area contributed by atoms with E-state index in [1.165, 1.54) is 38.5 Å². The average Bonchev–Trinajstić information content (AvgIpc) is 2.13. The van der Waals surface area contributed by atoms with E-state index in [9.17, 15) is 0 Å². The number of fused-ring (bicyclic) bond motifs is 1. The molecule has 0 aromatic rings. The predicted molar refractivity (Wildman–Crippen MR) is 57.6 cm³/mol. The van der Waals surface area contributed by atoms with Gasteiger partial charge >= 0.3 is 0 Å². The first-order chi connectivity index (χ1) is 6.14. The van der Waals surface area contributed by atoms with Crippen molar-refractivity contribution >= 4 is 0 Å². The van der Waals surface area contributed by atoms with E-state index in [0.717, 1.165) is 17.8 Å². The molecule has 2 fully saturated rings. The lowest BCUT2D eigenvalue weighted by atomic mass is 9.53. The molecule has 0 heterocycles. The van der Waals surface area contributed by atoms with Crippen molar-refractivity contribution in [2.24, 2.45) is 23.2 Å². The molecule has 0 N–H and O–H groups in total. The summed E-state index contributed by atoms with van der Waals surface area (Å²) in [5, 5.41) is 0. The van der Waals surface area contributed by atoms with Crippen molar-refractivity contribution in [2.75, 3.05) is 0 Å². The van der Waals surface area contributed by atoms with Crippen LogP contribution >= 0.6 is 0 Å². The Morgan fingerprint density at radius 1 is 1.00 bits per heavy atom. The Hall–Kier alpha value is 0. The van der Waals surface area contributed by atoms with Gasteiger partial charge in [0.2, 0.25) is 0 Å². The van der Waals surface area contributed by atoms with Crippen molar-refractivity contribution in [1.29, 1.82) is 0 Å². The summed E-state index contributed by atoms with van der Waals surface area (Å²) < 4.78 is 0. The quantitative estimate of drug-likeness (QED) is 0.523. The summed E-state index contributed by atoms with van der Waals surface area (Å²) in [5.74, 6) is 3.00. The molecular weight excluding hydrogens is 156 g/mol. The summed E-state index contributed by atoms with van der Waals surface area (Å²) in [6.45, 7) is 7.53. The van der Waals surface area contributed by atoms with Crippen molar-refractivity contribution in [3.8, 4) is 0 Å². The molecule has 3 unspecified atom stereocenters. The summed E-state index contributed by atoms with van der Waals surface area (Å²) >= 11 is 0. The minimum absolute atomic E-state index is 0.704. The zero-order valence-electron chi connectivity index (χ0n) is 9.47. The summed E-state index contributed by atoms with van der Waals surface area (Å²) in [6.07, 6.45) is 9.02. The zero-order valence-corrected chi connectivity index (χ0v) is 9.47. The van der Waals surface area contributed by atoms with Gasteiger partial charge in [0.15, 0.2) is 0 Å². The van der Waals surface area contributed by atoms with Crippen LogP contribution in [0.3, 0.4) is 0 Å². The van der Waals surface area contributed by atoms with Crippen LogP contribution in [0.4, 0.5) is 0 Å². The second kappa shape index (κ2) is 3.29. The molecule has 0 spiro atoms. The van der Waals surface area contributed by atoms with Crippen molar-refractivity contribution in [2.45, 2.75) is 59.3 Å². The third kappa shape index (κ3) is 1.43. The summed E-state index contributed by atoms with van der Waals surface area (Å²) in [5.41, 5.74) is 0.704. The van der Waals surface area contributed by atoms with Crippen molar-refractivity contribution < 1.29 is 0 Å². The van der Waals surface area contributed by atoms with Crippen LogP contribution < -0.4 is 0 Å². The molecule has 0 saturated heterocycles. The van der Waals surface area contributed by atoms with Gasteiger partial charge in [-0.05, 0) is 42.4 Å². The Balaban J connectivity index is 2.17. The van der Waals surface area contributed by atoms with Gasteiger partial charge in [-0.2, -0.15) is 0 Å². The molecule has 0 aliphatic heterocycles. The van der Waals surface area contributed by atoms with Crippen molar-refractivity contribution in [1.82, 2.24) is 0 Å². The third-order valence-electron chi connectivity index (χ3n) is 5.31. The first kappa shape index (κ1) is 9.55. The second-order valence-electron chi connectivity index (χ2n) is 5.79. The monoisotopic (exact) mass is 180 g/mol. The lowest BCUT2D eigenvalue weighted by Crippen LogP contribution is -2.43. The van der Waals surface area contributed by atoms with Gasteiger partial charge in [-0.1, -0.05) is 40.0 Å². The van der Waals surface area contributed by atoms with Crippen molar-refractivity contribution in [3.05, 3.63) is 0 Å². The molecule has 0 amide bonds. The van der Waals surface area contributed by atoms with Crippen LogP contribution in [0.2, 0.25) is 0 Å². The largest absolute Gasteiger partial charge is 0.0622 e. The minimum atomic E-state index is 0.704. The lowest BCUT2D eigenvalue weighted by molar-refractivity contribution is -0.0199. The summed E-state index contributed by atoms with van der Waals surface area (Å²) in [4.78, 5) is 0. The fourth-order valence-electron chi connectivity index (χ4n) is 3.87. The zero-order chi connectivity index (χ0) is 9.47. The molecule has 0 aromatic carbocycles. The molecule has 2 saturated carbocycles. The van der Waals surface area contributed by atoms with Gasteiger partial charge in [0.05, 0.1) is 0 Å². The Kier molecular flexibility index (Phi) is 2.42. The Bertz CT molecular complexity index is 180. The van der Waals surface area contributed by atoms with E-state index in [1.807, 2.05) is 0 Å². The smallest absolute Gasteiger partial charge is 0.0269 e. The predicted octanol–water partition coefficient (Wildman–Crippen LogP) is 4.25. The molecule has 2 rings (SSSR count). The van der Waals surface area contributed by atoms with Gasteiger partial charge in [0, 0.05) is 0 Å². The molecule has 76 valence electrons. The molecule has 0 nitrogen and oxygen atoms in total.